The maximum absolute atomic E-state index is 12.1. The van der Waals surface area contributed by atoms with E-state index in [4.69, 9.17) is 12.2 Å². The Kier molecular flexibility index (Phi) is 5.15. The molecule has 116 valence electrons. The fourth-order valence-electron chi connectivity index (χ4n) is 2.13. The summed E-state index contributed by atoms with van der Waals surface area (Å²) in [7, 11) is 0. The van der Waals surface area contributed by atoms with Crippen LogP contribution in [0.15, 0.2) is 23.6 Å². The second kappa shape index (κ2) is 6.89. The minimum atomic E-state index is -0.188. The van der Waals surface area contributed by atoms with Gasteiger partial charge in [0.25, 0.3) is 5.91 Å². The number of thiocarbonyl (C=S) groups is 1. The van der Waals surface area contributed by atoms with Gasteiger partial charge >= 0.3 is 0 Å². The van der Waals surface area contributed by atoms with Crippen LogP contribution in [-0.2, 0) is 0 Å². The van der Waals surface area contributed by atoms with Crippen molar-refractivity contribution in [3.63, 3.8) is 0 Å². The molecule has 1 aromatic heterocycles. The lowest BCUT2D eigenvalue weighted by Gasteiger charge is -2.12. The second-order valence-electron chi connectivity index (χ2n) is 5.24. The van der Waals surface area contributed by atoms with E-state index in [0.717, 1.165) is 27.3 Å². The highest BCUT2D eigenvalue weighted by Crippen LogP contribution is 2.20. The third-order valence-electron chi connectivity index (χ3n) is 3.30. The van der Waals surface area contributed by atoms with Crippen molar-refractivity contribution in [1.82, 2.24) is 10.9 Å². The first-order chi connectivity index (χ1) is 10.4. The lowest BCUT2D eigenvalue weighted by molar-refractivity contribution is 0.0944. The number of rotatable bonds is 2. The fourth-order valence-corrected chi connectivity index (χ4v) is 3.16. The van der Waals surface area contributed by atoms with Gasteiger partial charge in [0.1, 0.15) is 0 Å². The molecule has 1 aromatic carbocycles. The van der Waals surface area contributed by atoms with Gasteiger partial charge in [0.05, 0.1) is 5.56 Å². The molecule has 0 saturated heterocycles. The molecule has 1 heterocycles. The Labute approximate surface area is 139 Å². The van der Waals surface area contributed by atoms with E-state index in [9.17, 15) is 4.79 Å². The number of amides is 1. The van der Waals surface area contributed by atoms with E-state index in [-0.39, 0.29) is 5.91 Å². The normalized spacial score (nSPS) is 10.2. The number of aryl methyl sites for hydroxylation is 3. The molecule has 2 aromatic rings. The van der Waals surface area contributed by atoms with Crippen molar-refractivity contribution in [2.75, 3.05) is 5.32 Å². The average molecular weight is 333 g/mol. The molecule has 3 N–H and O–H groups in total. The summed E-state index contributed by atoms with van der Waals surface area (Å²) < 4.78 is 0. The number of benzene rings is 1. The molecule has 6 heteroatoms. The van der Waals surface area contributed by atoms with E-state index in [1.54, 1.807) is 11.3 Å². The molecule has 0 aliphatic heterocycles. The predicted molar refractivity (Wildman–Crippen MR) is 96.5 cm³/mol. The molecular weight excluding hydrogens is 314 g/mol. The van der Waals surface area contributed by atoms with Crippen LogP contribution in [0.25, 0.3) is 0 Å². The van der Waals surface area contributed by atoms with Crippen molar-refractivity contribution in [3.8, 4) is 0 Å². The highest BCUT2D eigenvalue weighted by Gasteiger charge is 2.12. The van der Waals surface area contributed by atoms with Crippen LogP contribution in [0.1, 0.15) is 31.9 Å². The molecular formula is C16H19N3OS2. The smallest absolute Gasteiger partial charge is 0.270 e. The minimum absolute atomic E-state index is 0.188. The van der Waals surface area contributed by atoms with E-state index < -0.39 is 0 Å². The van der Waals surface area contributed by atoms with Crippen molar-refractivity contribution < 1.29 is 4.79 Å². The van der Waals surface area contributed by atoms with Crippen LogP contribution in [0.5, 0.6) is 0 Å². The Bertz CT molecular complexity index is 702. The lowest BCUT2D eigenvalue weighted by atomic mass is 10.1. The number of carbonyl (C=O) groups is 1. The third-order valence-corrected chi connectivity index (χ3v) is 4.52. The topological polar surface area (TPSA) is 53.2 Å². The van der Waals surface area contributed by atoms with Gasteiger partial charge in [-0.15, -0.1) is 11.3 Å². The van der Waals surface area contributed by atoms with Gasteiger partial charge in [-0.05, 0) is 68.7 Å². The Hall–Kier alpha value is -1.92. The zero-order chi connectivity index (χ0) is 16.3. The number of thiophene rings is 1. The van der Waals surface area contributed by atoms with Crippen molar-refractivity contribution in [2.24, 2.45) is 0 Å². The zero-order valence-electron chi connectivity index (χ0n) is 13.0. The number of hydrazine groups is 1. The second-order valence-corrected chi connectivity index (χ2v) is 6.73. The van der Waals surface area contributed by atoms with Gasteiger partial charge in [-0.2, -0.15) is 0 Å². The van der Waals surface area contributed by atoms with Crippen LogP contribution in [0.3, 0.4) is 0 Å². The Balaban J connectivity index is 1.92. The molecule has 0 radical (unpaired) electrons. The van der Waals surface area contributed by atoms with E-state index in [1.807, 2.05) is 45.2 Å². The van der Waals surface area contributed by atoms with E-state index in [1.165, 1.54) is 0 Å². The highest BCUT2D eigenvalue weighted by molar-refractivity contribution is 7.80. The van der Waals surface area contributed by atoms with Crippen LogP contribution in [0.2, 0.25) is 0 Å². The Morgan fingerprint density at radius 2 is 1.68 bits per heavy atom. The summed E-state index contributed by atoms with van der Waals surface area (Å²) in [6, 6.07) is 6.08. The average Bonchev–Trinajstić information content (AvgIpc) is 2.75. The van der Waals surface area contributed by atoms with Gasteiger partial charge in [0.2, 0.25) is 0 Å². The molecule has 1 amide bonds. The molecule has 2 rings (SSSR count). The van der Waals surface area contributed by atoms with Crippen LogP contribution in [0, 0.1) is 27.7 Å². The number of hydrogen-bond acceptors (Lipinski definition) is 3. The van der Waals surface area contributed by atoms with E-state index in [0.29, 0.717) is 10.7 Å². The molecule has 0 spiro atoms. The monoisotopic (exact) mass is 333 g/mol. The summed E-state index contributed by atoms with van der Waals surface area (Å²) in [6.45, 7) is 7.99. The molecule has 4 nitrogen and oxygen atoms in total. The van der Waals surface area contributed by atoms with Crippen LogP contribution >= 0.6 is 23.6 Å². The summed E-state index contributed by atoms with van der Waals surface area (Å²) in [6.07, 6.45) is 0. The summed E-state index contributed by atoms with van der Waals surface area (Å²) >= 11 is 6.76. The highest BCUT2D eigenvalue weighted by atomic mass is 32.1. The van der Waals surface area contributed by atoms with Crippen molar-refractivity contribution >= 4 is 40.3 Å². The maximum atomic E-state index is 12.1. The van der Waals surface area contributed by atoms with Gasteiger partial charge in [0.15, 0.2) is 5.11 Å². The van der Waals surface area contributed by atoms with Gasteiger partial charge in [-0.1, -0.05) is 6.07 Å². The Morgan fingerprint density at radius 1 is 1.05 bits per heavy atom. The summed E-state index contributed by atoms with van der Waals surface area (Å²) in [5.74, 6) is -0.188. The quantitative estimate of drug-likeness (QED) is 0.580. The molecule has 0 aliphatic rings. The number of nitrogens with one attached hydrogen (secondary N) is 3. The molecule has 0 saturated carbocycles. The number of anilines is 1. The SMILES string of the molecule is Cc1cc(C)cc(NC(=S)NNC(=O)c2csc(C)c2C)c1. The van der Waals surface area contributed by atoms with Crippen LogP contribution in [0.4, 0.5) is 5.69 Å². The minimum Gasteiger partial charge on any atom is -0.331 e. The van der Waals surface area contributed by atoms with E-state index in [2.05, 4.69) is 22.2 Å². The van der Waals surface area contributed by atoms with Gasteiger partial charge in [-0.25, -0.2) is 0 Å². The summed E-state index contributed by atoms with van der Waals surface area (Å²) in [5.41, 5.74) is 10.2. The Morgan fingerprint density at radius 3 is 2.23 bits per heavy atom. The standard InChI is InChI=1S/C16H19N3OS2/c1-9-5-10(2)7-13(6-9)17-16(21)19-18-15(20)14-8-22-12(4)11(14)3/h5-8H,1-4H3,(H,18,20)(H2,17,19,21). The fraction of sp³-hybridized carbons (Fsp3) is 0.250. The molecule has 0 bridgehead atoms. The predicted octanol–water partition coefficient (Wildman–Crippen LogP) is 3.61. The van der Waals surface area contributed by atoms with Gasteiger partial charge in [-0.3, -0.25) is 15.6 Å². The van der Waals surface area contributed by atoms with Crippen LogP contribution < -0.4 is 16.2 Å². The zero-order valence-corrected chi connectivity index (χ0v) is 14.7. The van der Waals surface area contributed by atoms with Crippen molar-refractivity contribution in [2.45, 2.75) is 27.7 Å². The van der Waals surface area contributed by atoms with Crippen LogP contribution in [-0.4, -0.2) is 11.0 Å². The summed E-state index contributed by atoms with van der Waals surface area (Å²) in [4.78, 5) is 13.2. The molecule has 0 aliphatic carbocycles. The maximum Gasteiger partial charge on any atom is 0.270 e. The van der Waals surface area contributed by atoms with Gasteiger partial charge < -0.3 is 5.32 Å². The first-order valence-corrected chi connectivity index (χ1v) is 8.16. The molecule has 0 fully saturated rings. The summed E-state index contributed by atoms with van der Waals surface area (Å²) in [5, 5.41) is 5.26. The first-order valence-electron chi connectivity index (χ1n) is 6.87. The first kappa shape index (κ1) is 16.5. The van der Waals surface area contributed by atoms with E-state index >= 15 is 0 Å². The molecule has 22 heavy (non-hydrogen) atoms. The number of carbonyl (C=O) groups excluding carboxylic acids is 1. The lowest BCUT2D eigenvalue weighted by Crippen LogP contribution is -2.43. The molecule has 0 unspecified atom stereocenters. The van der Waals surface area contributed by atoms with Crippen molar-refractivity contribution in [3.05, 3.63) is 50.7 Å². The largest absolute Gasteiger partial charge is 0.331 e. The number of hydrogen-bond donors (Lipinski definition) is 3. The third kappa shape index (κ3) is 4.05. The molecule has 0 atom stereocenters. The van der Waals surface area contributed by atoms with Crippen molar-refractivity contribution in [1.29, 1.82) is 0 Å². The van der Waals surface area contributed by atoms with Gasteiger partial charge in [0, 0.05) is 15.9 Å².